The van der Waals surface area contributed by atoms with Gasteiger partial charge in [0, 0.05) is 58.0 Å². The van der Waals surface area contributed by atoms with Crippen molar-refractivity contribution >= 4 is 11.6 Å². The number of ether oxygens (including phenoxy) is 1. The summed E-state index contributed by atoms with van der Waals surface area (Å²) in [5.74, 6) is 0.869. The van der Waals surface area contributed by atoms with Gasteiger partial charge in [0.2, 0.25) is 0 Å². The summed E-state index contributed by atoms with van der Waals surface area (Å²) in [5, 5.41) is 7.08. The second-order valence-corrected chi connectivity index (χ2v) is 8.05. The molecular formula is C24H33N5O. The molecule has 0 aliphatic carbocycles. The van der Waals surface area contributed by atoms with E-state index in [-0.39, 0.29) is 0 Å². The lowest BCUT2D eigenvalue weighted by Gasteiger charge is -2.26. The largest absolute Gasteiger partial charge is 0.379 e. The van der Waals surface area contributed by atoms with Crippen LogP contribution < -0.4 is 15.5 Å². The van der Waals surface area contributed by atoms with E-state index in [9.17, 15) is 0 Å². The van der Waals surface area contributed by atoms with Crippen molar-refractivity contribution in [2.75, 3.05) is 51.3 Å². The van der Waals surface area contributed by atoms with Gasteiger partial charge in [-0.2, -0.15) is 0 Å². The number of hydrogen-bond donors (Lipinski definition) is 2. The summed E-state index contributed by atoms with van der Waals surface area (Å²) in [6.07, 6.45) is 1.12. The second kappa shape index (κ2) is 10.5. The van der Waals surface area contributed by atoms with Crippen LogP contribution in [0.15, 0.2) is 59.6 Å². The Morgan fingerprint density at radius 3 is 2.63 bits per heavy atom. The number of guanidine groups is 1. The molecule has 1 unspecified atom stereocenters. The van der Waals surface area contributed by atoms with Crippen LogP contribution >= 0.6 is 0 Å². The number of nitrogens with one attached hydrogen (secondary N) is 2. The third-order valence-corrected chi connectivity index (χ3v) is 5.84. The maximum atomic E-state index is 5.45. The number of para-hydroxylation sites is 1. The van der Waals surface area contributed by atoms with Crippen molar-refractivity contribution < 1.29 is 4.74 Å². The lowest BCUT2D eigenvalue weighted by atomic mass is 10.1. The van der Waals surface area contributed by atoms with Crippen LogP contribution in [0.25, 0.3) is 0 Å². The summed E-state index contributed by atoms with van der Waals surface area (Å²) in [6, 6.07) is 19.9. The van der Waals surface area contributed by atoms with Crippen LogP contribution in [0.1, 0.15) is 17.5 Å². The van der Waals surface area contributed by atoms with Crippen molar-refractivity contribution in [3.8, 4) is 0 Å². The predicted molar refractivity (Wildman–Crippen MR) is 123 cm³/mol. The molecule has 6 nitrogen and oxygen atoms in total. The first-order chi connectivity index (χ1) is 14.8. The van der Waals surface area contributed by atoms with Gasteiger partial charge < -0.3 is 20.3 Å². The van der Waals surface area contributed by atoms with Gasteiger partial charge in [0.1, 0.15) is 0 Å². The van der Waals surface area contributed by atoms with Crippen LogP contribution in [0, 0.1) is 0 Å². The molecule has 2 aliphatic rings. The molecule has 30 heavy (non-hydrogen) atoms. The predicted octanol–water partition coefficient (Wildman–Crippen LogP) is 2.46. The second-order valence-electron chi connectivity index (χ2n) is 8.05. The van der Waals surface area contributed by atoms with Crippen molar-refractivity contribution in [3.05, 3.63) is 65.7 Å². The van der Waals surface area contributed by atoms with E-state index in [4.69, 9.17) is 4.74 Å². The molecule has 2 heterocycles. The minimum atomic E-state index is 0.407. The topological polar surface area (TPSA) is 52.1 Å². The maximum Gasteiger partial charge on any atom is 0.191 e. The SMILES string of the molecule is CN=C(NCc1cccc(CN2CCOCC2)c1)NC1CCN(c2ccccc2)C1. The van der Waals surface area contributed by atoms with Gasteiger partial charge in [0.25, 0.3) is 0 Å². The van der Waals surface area contributed by atoms with Crippen molar-refractivity contribution in [2.24, 2.45) is 4.99 Å². The van der Waals surface area contributed by atoms with E-state index in [1.807, 2.05) is 7.05 Å². The van der Waals surface area contributed by atoms with Crippen molar-refractivity contribution in [1.82, 2.24) is 15.5 Å². The van der Waals surface area contributed by atoms with Crippen LogP contribution in [0.5, 0.6) is 0 Å². The van der Waals surface area contributed by atoms with E-state index in [1.54, 1.807) is 0 Å². The summed E-state index contributed by atoms with van der Waals surface area (Å²) < 4.78 is 5.45. The first-order valence-electron chi connectivity index (χ1n) is 11.0. The zero-order valence-electron chi connectivity index (χ0n) is 17.9. The zero-order valence-corrected chi connectivity index (χ0v) is 17.9. The fourth-order valence-electron chi connectivity index (χ4n) is 4.18. The molecule has 2 aliphatic heterocycles. The van der Waals surface area contributed by atoms with Crippen molar-refractivity contribution in [1.29, 1.82) is 0 Å². The third kappa shape index (κ3) is 5.74. The Morgan fingerprint density at radius 1 is 1.03 bits per heavy atom. The van der Waals surface area contributed by atoms with Gasteiger partial charge in [-0.05, 0) is 29.7 Å². The fraction of sp³-hybridized carbons (Fsp3) is 0.458. The van der Waals surface area contributed by atoms with Gasteiger partial charge in [-0.3, -0.25) is 9.89 Å². The molecule has 0 aromatic heterocycles. The van der Waals surface area contributed by atoms with Gasteiger partial charge in [-0.1, -0.05) is 42.5 Å². The molecular weight excluding hydrogens is 374 g/mol. The quantitative estimate of drug-likeness (QED) is 0.569. The van der Waals surface area contributed by atoms with Gasteiger partial charge >= 0.3 is 0 Å². The summed E-state index contributed by atoms with van der Waals surface area (Å²) in [4.78, 5) is 9.32. The average molecular weight is 408 g/mol. The van der Waals surface area contributed by atoms with E-state index < -0.39 is 0 Å². The molecule has 160 valence electrons. The number of nitrogens with zero attached hydrogens (tertiary/aromatic N) is 3. The zero-order chi connectivity index (χ0) is 20.6. The van der Waals surface area contributed by atoms with Gasteiger partial charge in [-0.15, -0.1) is 0 Å². The summed E-state index contributed by atoms with van der Waals surface area (Å²) >= 11 is 0. The summed E-state index contributed by atoms with van der Waals surface area (Å²) in [5.41, 5.74) is 3.93. The first-order valence-corrected chi connectivity index (χ1v) is 11.0. The van der Waals surface area contributed by atoms with E-state index in [2.05, 4.69) is 80.0 Å². The van der Waals surface area contributed by atoms with Gasteiger partial charge in [-0.25, -0.2) is 0 Å². The van der Waals surface area contributed by atoms with E-state index >= 15 is 0 Å². The van der Waals surface area contributed by atoms with E-state index in [1.165, 1.54) is 16.8 Å². The highest BCUT2D eigenvalue weighted by molar-refractivity contribution is 5.80. The highest BCUT2D eigenvalue weighted by Crippen LogP contribution is 2.19. The molecule has 6 heteroatoms. The van der Waals surface area contributed by atoms with Crippen LogP contribution in [0.4, 0.5) is 5.69 Å². The van der Waals surface area contributed by atoms with Crippen LogP contribution in [0.3, 0.4) is 0 Å². The summed E-state index contributed by atoms with van der Waals surface area (Å²) in [6.45, 7) is 7.54. The molecule has 0 spiro atoms. The normalized spacial score (nSPS) is 20.4. The van der Waals surface area contributed by atoms with E-state index in [0.29, 0.717) is 6.04 Å². The van der Waals surface area contributed by atoms with Crippen LogP contribution in [-0.2, 0) is 17.8 Å². The molecule has 0 bridgehead atoms. The highest BCUT2D eigenvalue weighted by atomic mass is 16.5. The lowest BCUT2D eigenvalue weighted by Crippen LogP contribution is -2.44. The number of morpholine rings is 1. The number of benzene rings is 2. The average Bonchev–Trinajstić information content (AvgIpc) is 3.27. The Kier molecular flexibility index (Phi) is 7.21. The number of anilines is 1. The standard InChI is InChI=1S/C24H33N5O/c1-25-24(27-22-10-11-29(19-22)23-8-3-2-4-9-23)26-17-20-6-5-7-21(16-20)18-28-12-14-30-15-13-28/h2-9,16,22H,10-15,17-19H2,1H3,(H2,25,26,27). The Bertz CT molecular complexity index is 819. The van der Waals surface area contributed by atoms with Crippen molar-refractivity contribution in [3.63, 3.8) is 0 Å². The molecule has 2 aromatic carbocycles. The van der Waals surface area contributed by atoms with Crippen LogP contribution in [0.2, 0.25) is 0 Å². The molecule has 0 amide bonds. The highest BCUT2D eigenvalue weighted by Gasteiger charge is 2.23. The van der Waals surface area contributed by atoms with Gasteiger partial charge in [0.05, 0.1) is 13.2 Å². The number of aliphatic imine (C=N–C) groups is 1. The molecule has 2 saturated heterocycles. The molecule has 4 rings (SSSR count). The molecule has 1 atom stereocenters. The smallest absolute Gasteiger partial charge is 0.191 e. The molecule has 0 saturated carbocycles. The lowest BCUT2D eigenvalue weighted by molar-refractivity contribution is 0.0342. The van der Waals surface area contributed by atoms with E-state index in [0.717, 1.165) is 64.9 Å². The fourth-order valence-corrected chi connectivity index (χ4v) is 4.18. The number of rotatable bonds is 6. The Balaban J connectivity index is 1.26. The monoisotopic (exact) mass is 407 g/mol. The minimum Gasteiger partial charge on any atom is -0.379 e. The Hall–Kier alpha value is -2.57. The first kappa shape index (κ1) is 20.7. The van der Waals surface area contributed by atoms with Gasteiger partial charge in [0.15, 0.2) is 5.96 Å². The molecule has 0 radical (unpaired) electrons. The minimum absolute atomic E-state index is 0.407. The Morgan fingerprint density at radius 2 is 1.83 bits per heavy atom. The Labute approximate surface area is 179 Å². The maximum absolute atomic E-state index is 5.45. The molecule has 2 fully saturated rings. The third-order valence-electron chi connectivity index (χ3n) is 5.84. The van der Waals surface area contributed by atoms with Crippen LogP contribution in [-0.4, -0.2) is 63.3 Å². The number of hydrogen-bond acceptors (Lipinski definition) is 4. The summed E-state index contributed by atoms with van der Waals surface area (Å²) in [7, 11) is 1.84. The molecule has 2 N–H and O–H groups in total. The molecule has 2 aromatic rings. The van der Waals surface area contributed by atoms with Crippen molar-refractivity contribution in [2.45, 2.75) is 25.6 Å².